The van der Waals surface area contributed by atoms with E-state index in [1.807, 2.05) is 24.3 Å². The van der Waals surface area contributed by atoms with Gasteiger partial charge in [-0.1, -0.05) is 24.3 Å². The maximum absolute atomic E-state index is 8.80. The van der Waals surface area contributed by atoms with Gasteiger partial charge in [0.05, 0.1) is 20.3 Å². The van der Waals surface area contributed by atoms with Crippen LogP contribution < -0.4 is 4.74 Å². The lowest BCUT2D eigenvalue weighted by atomic mass is 10.0. The van der Waals surface area contributed by atoms with Gasteiger partial charge >= 0.3 is 0 Å². The van der Waals surface area contributed by atoms with E-state index in [2.05, 4.69) is 13.0 Å². The summed E-state index contributed by atoms with van der Waals surface area (Å²) < 4.78 is 11.1. The molecule has 1 aromatic rings. The number of methoxy groups -OCH3 is 1. The predicted octanol–water partition coefficient (Wildman–Crippen LogP) is 2.72. The van der Waals surface area contributed by atoms with Crippen LogP contribution in [0, 0.1) is 0 Å². The second-order valence-electron chi connectivity index (χ2n) is 4.33. The zero-order valence-corrected chi connectivity index (χ0v) is 10.7. The molecule has 0 saturated carbocycles. The molecule has 0 fully saturated rings. The monoisotopic (exact) mass is 246 g/mol. The Kier molecular flexibility index (Phi) is 4.18. The molecule has 1 heterocycles. The summed E-state index contributed by atoms with van der Waals surface area (Å²) in [7, 11) is 1.66. The van der Waals surface area contributed by atoms with Crippen molar-refractivity contribution in [2.24, 2.45) is 0 Å². The van der Waals surface area contributed by atoms with Gasteiger partial charge in [-0.15, -0.1) is 0 Å². The van der Waals surface area contributed by atoms with E-state index in [0.717, 1.165) is 16.9 Å². The molecule has 1 aliphatic rings. The van der Waals surface area contributed by atoms with E-state index in [1.54, 1.807) is 13.2 Å². The third-order valence-corrected chi connectivity index (χ3v) is 2.90. The molecule has 96 valence electrons. The van der Waals surface area contributed by atoms with Crippen LogP contribution in [0.3, 0.4) is 0 Å². The molecule has 3 heteroatoms. The molecule has 0 saturated heterocycles. The fourth-order valence-corrected chi connectivity index (χ4v) is 2.02. The molecule has 0 radical (unpaired) electrons. The van der Waals surface area contributed by atoms with Crippen LogP contribution in [-0.2, 0) is 4.74 Å². The summed E-state index contributed by atoms with van der Waals surface area (Å²) >= 11 is 0. The first-order chi connectivity index (χ1) is 8.74. The predicted molar refractivity (Wildman–Crippen MR) is 71.6 cm³/mol. The molecule has 1 N–H and O–H groups in total. The van der Waals surface area contributed by atoms with Gasteiger partial charge in [-0.2, -0.15) is 0 Å². The standard InChI is InChI=1S/C15H18O3/c1-11-8-15(18-10-11)13-9-12(4-3-7-16)5-6-14(13)17-2/h3-6,8-9,15-16H,7,10H2,1-2H3/b4-3+. The van der Waals surface area contributed by atoms with Crippen LogP contribution in [0.2, 0.25) is 0 Å². The summed E-state index contributed by atoms with van der Waals surface area (Å²) in [6, 6.07) is 5.92. The third-order valence-electron chi connectivity index (χ3n) is 2.90. The second kappa shape index (κ2) is 5.85. The van der Waals surface area contributed by atoms with Crippen LogP contribution >= 0.6 is 0 Å². The number of aliphatic hydroxyl groups is 1. The Balaban J connectivity index is 2.33. The zero-order chi connectivity index (χ0) is 13.0. The Bertz CT molecular complexity index is 475. The fraction of sp³-hybridized carbons (Fsp3) is 0.333. The van der Waals surface area contributed by atoms with E-state index in [4.69, 9.17) is 14.6 Å². The molecule has 2 rings (SSSR count). The number of aliphatic hydroxyl groups excluding tert-OH is 1. The summed E-state index contributed by atoms with van der Waals surface area (Å²) in [6.45, 7) is 2.77. The molecule has 1 aromatic carbocycles. The van der Waals surface area contributed by atoms with Gasteiger partial charge in [0.15, 0.2) is 0 Å². The van der Waals surface area contributed by atoms with Crippen LogP contribution in [0.5, 0.6) is 5.75 Å². The van der Waals surface area contributed by atoms with E-state index >= 15 is 0 Å². The molecule has 3 nitrogen and oxygen atoms in total. The summed E-state index contributed by atoms with van der Waals surface area (Å²) in [4.78, 5) is 0. The van der Waals surface area contributed by atoms with Crippen LogP contribution in [0.25, 0.3) is 6.08 Å². The van der Waals surface area contributed by atoms with Crippen LogP contribution in [-0.4, -0.2) is 25.4 Å². The SMILES string of the molecule is COc1ccc(/C=C/CO)cc1C1C=C(C)CO1. The number of hydrogen-bond acceptors (Lipinski definition) is 3. The van der Waals surface area contributed by atoms with Crippen molar-refractivity contribution in [2.45, 2.75) is 13.0 Å². The molecular weight excluding hydrogens is 228 g/mol. The minimum absolute atomic E-state index is 0.0394. The Labute approximate surface area is 107 Å². The van der Waals surface area contributed by atoms with Gasteiger partial charge in [0.1, 0.15) is 11.9 Å². The number of rotatable bonds is 4. The summed E-state index contributed by atoms with van der Waals surface area (Å²) in [6.07, 6.45) is 5.66. The number of ether oxygens (including phenoxy) is 2. The van der Waals surface area contributed by atoms with Gasteiger partial charge in [0, 0.05) is 5.56 Å². The maximum Gasteiger partial charge on any atom is 0.125 e. The first-order valence-electron chi connectivity index (χ1n) is 5.99. The highest BCUT2D eigenvalue weighted by molar-refractivity contribution is 5.54. The van der Waals surface area contributed by atoms with Crippen molar-refractivity contribution < 1.29 is 14.6 Å². The average Bonchev–Trinajstić information content (AvgIpc) is 2.82. The van der Waals surface area contributed by atoms with E-state index in [9.17, 15) is 0 Å². The van der Waals surface area contributed by atoms with Crippen molar-refractivity contribution in [2.75, 3.05) is 20.3 Å². The fourth-order valence-electron chi connectivity index (χ4n) is 2.02. The Morgan fingerprint density at radius 2 is 2.33 bits per heavy atom. The van der Waals surface area contributed by atoms with Crippen molar-refractivity contribution in [3.63, 3.8) is 0 Å². The van der Waals surface area contributed by atoms with E-state index in [0.29, 0.717) is 6.61 Å². The molecule has 1 aliphatic heterocycles. The molecule has 1 unspecified atom stereocenters. The lowest BCUT2D eigenvalue weighted by Crippen LogP contribution is -2.00. The Hall–Kier alpha value is -1.58. The second-order valence-corrected chi connectivity index (χ2v) is 4.33. The van der Waals surface area contributed by atoms with Gasteiger partial charge in [0.25, 0.3) is 0 Å². The quantitative estimate of drug-likeness (QED) is 0.830. The smallest absolute Gasteiger partial charge is 0.125 e. The molecular formula is C15H18O3. The highest BCUT2D eigenvalue weighted by Crippen LogP contribution is 2.33. The zero-order valence-electron chi connectivity index (χ0n) is 10.7. The van der Waals surface area contributed by atoms with E-state index in [-0.39, 0.29) is 12.7 Å². The summed E-state index contributed by atoms with van der Waals surface area (Å²) in [5, 5.41) is 8.80. The normalized spacial score (nSPS) is 19.3. The lowest BCUT2D eigenvalue weighted by Gasteiger charge is -2.14. The topological polar surface area (TPSA) is 38.7 Å². The molecule has 1 atom stereocenters. The van der Waals surface area contributed by atoms with E-state index < -0.39 is 0 Å². The van der Waals surface area contributed by atoms with Crippen molar-refractivity contribution in [1.82, 2.24) is 0 Å². The van der Waals surface area contributed by atoms with E-state index in [1.165, 1.54) is 5.57 Å². The first kappa shape index (κ1) is 12.9. The average molecular weight is 246 g/mol. The first-order valence-corrected chi connectivity index (χ1v) is 5.99. The minimum atomic E-state index is -0.0394. The van der Waals surface area contributed by atoms with Crippen molar-refractivity contribution >= 4 is 6.08 Å². The molecule has 0 aromatic heterocycles. The minimum Gasteiger partial charge on any atom is -0.496 e. The Morgan fingerprint density at radius 3 is 2.94 bits per heavy atom. The molecule has 18 heavy (non-hydrogen) atoms. The molecule has 0 amide bonds. The van der Waals surface area contributed by atoms with Gasteiger partial charge in [-0.05, 0) is 30.2 Å². The van der Waals surface area contributed by atoms with Gasteiger partial charge in [-0.3, -0.25) is 0 Å². The van der Waals surface area contributed by atoms with Crippen LogP contribution in [0.4, 0.5) is 0 Å². The van der Waals surface area contributed by atoms with Crippen molar-refractivity contribution in [3.8, 4) is 5.75 Å². The highest BCUT2D eigenvalue weighted by Gasteiger charge is 2.19. The summed E-state index contributed by atoms with van der Waals surface area (Å²) in [5.41, 5.74) is 3.29. The van der Waals surface area contributed by atoms with Gasteiger partial charge < -0.3 is 14.6 Å². The van der Waals surface area contributed by atoms with Gasteiger partial charge in [-0.25, -0.2) is 0 Å². The number of hydrogen-bond donors (Lipinski definition) is 1. The van der Waals surface area contributed by atoms with Crippen LogP contribution in [0.15, 0.2) is 35.9 Å². The Morgan fingerprint density at radius 1 is 1.50 bits per heavy atom. The van der Waals surface area contributed by atoms with Crippen molar-refractivity contribution in [3.05, 3.63) is 47.1 Å². The maximum atomic E-state index is 8.80. The molecule has 0 spiro atoms. The molecule has 0 aliphatic carbocycles. The lowest BCUT2D eigenvalue weighted by molar-refractivity contribution is 0.124. The van der Waals surface area contributed by atoms with Gasteiger partial charge in [0.2, 0.25) is 0 Å². The third kappa shape index (κ3) is 2.81. The molecule has 0 bridgehead atoms. The highest BCUT2D eigenvalue weighted by atomic mass is 16.5. The van der Waals surface area contributed by atoms with Crippen LogP contribution in [0.1, 0.15) is 24.2 Å². The largest absolute Gasteiger partial charge is 0.496 e. The number of benzene rings is 1. The summed E-state index contributed by atoms with van der Waals surface area (Å²) in [5.74, 6) is 0.826. The van der Waals surface area contributed by atoms with Crippen molar-refractivity contribution in [1.29, 1.82) is 0 Å².